The van der Waals surface area contributed by atoms with E-state index in [-0.39, 0.29) is 25.7 Å². The van der Waals surface area contributed by atoms with Gasteiger partial charge in [-0.3, -0.25) is 37.3 Å². The summed E-state index contributed by atoms with van der Waals surface area (Å²) in [5.41, 5.74) is 0. The smallest absolute Gasteiger partial charge is 0.462 e. The van der Waals surface area contributed by atoms with Gasteiger partial charge >= 0.3 is 39.5 Å². The zero-order valence-corrected chi connectivity index (χ0v) is 68.3. The zero-order valence-electron chi connectivity index (χ0n) is 66.5. The molecule has 8 atom stereocenters. The summed E-state index contributed by atoms with van der Waals surface area (Å²) in [6.45, 7) is 14.3. The van der Waals surface area contributed by atoms with Gasteiger partial charge in [0.2, 0.25) is 0 Å². The molecule has 0 fully saturated rings. The molecule has 0 rings (SSSR count). The molecule has 5 unspecified atom stereocenters. The number of unbranched alkanes of at least 4 members (excludes halogenated alkanes) is 42. The molecule has 0 aliphatic rings. The molecular formula is C82H160O17P2. The van der Waals surface area contributed by atoms with Gasteiger partial charge in [-0.1, -0.05) is 370 Å². The van der Waals surface area contributed by atoms with Gasteiger partial charge in [0.1, 0.15) is 19.3 Å². The third-order valence-corrected chi connectivity index (χ3v) is 22.1. The van der Waals surface area contributed by atoms with E-state index in [0.717, 1.165) is 114 Å². The van der Waals surface area contributed by atoms with Crippen molar-refractivity contribution in [2.24, 2.45) is 23.7 Å². The van der Waals surface area contributed by atoms with Gasteiger partial charge in [-0.2, -0.15) is 0 Å². The summed E-state index contributed by atoms with van der Waals surface area (Å²) in [4.78, 5) is 73.0. The van der Waals surface area contributed by atoms with Gasteiger partial charge in [0, 0.05) is 25.7 Å². The molecule has 19 heteroatoms. The zero-order chi connectivity index (χ0) is 74.6. The molecule has 0 saturated heterocycles. The van der Waals surface area contributed by atoms with Gasteiger partial charge in [0.25, 0.3) is 0 Å². The maximum absolute atomic E-state index is 13.1. The first-order valence-electron chi connectivity index (χ1n) is 42.3. The third-order valence-electron chi connectivity index (χ3n) is 20.2. The maximum atomic E-state index is 13.1. The average molecular weight is 1480 g/mol. The fourth-order valence-corrected chi connectivity index (χ4v) is 14.1. The molecule has 0 saturated carbocycles. The number of phosphoric acid groups is 2. The minimum Gasteiger partial charge on any atom is -0.462 e. The highest BCUT2D eigenvalue weighted by Crippen LogP contribution is 2.45. The summed E-state index contributed by atoms with van der Waals surface area (Å²) in [6, 6.07) is 0. The van der Waals surface area contributed by atoms with Gasteiger partial charge in [-0.25, -0.2) is 9.13 Å². The van der Waals surface area contributed by atoms with Gasteiger partial charge in [0.05, 0.1) is 26.4 Å². The number of aliphatic hydroxyl groups excluding tert-OH is 1. The number of aliphatic hydroxyl groups is 1. The number of hydrogen-bond acceptors (Lipinski definition) is 15. The van der Waals surface area contributed by atoms with Crippen molar-refractivity contribution >= 4 is 39.5 Å². The molecule has 0 radical (unpaired) electrons. The van der Waals surface area contributed by atoms with Crippen molar-refractivity contribution < 1.29 is 80.2 Å². The Balaban J connectivity index is 5.18. The summed E-state index contributed by atoms with van der Waals surface area (Å²) in [5.74, 6) is 1.06. The van der Waals surface area contributed by atoms with E-state index in [1.165, 1.54) is 218 Å². The maximum Gasteiger partial charge on any atom is 0.472 e. The molecule has 101 heavy (non-hydrogen) atoms. The second kappa shape index (κ2) is 71.0. The van der Waals surface area contributed by atoms with Crippen molar-refractivity contribution in [1.29, 1.82) is 0 Å². The van der Waals surface area contributed by atoms with Crippen LogP contribution in [0, 0.1) is 23.7 Å². The molecule has 0 heterocycles. The minimum absolute atomic E-state index is 0.106. The normalized spacial score (nSPS) is 14.8. The van der Waals surface area contributed by atoms with Crippen LogP contribution in [0.4, 0.5) is 0 Å². The number of hydrogen-bond donors (Lipinski definition) is 3. The summed E-state index contributed by atoms with van der Waals surface area (Å²) >= 11 is 0. The number of carbonyl (C=O) groups excluding carboxylic acids is 4. The number of rotatable bonds is 79. The van der Waals surface area contributed by atoms with E-state index in [0.29, 0.717) is 31.6 Å². The standard InChI is InChI=1S/C82H160O17P2/c1-9-73(6)59-51-43-34-28-24-20-16-14-12-13-15-17-22-26-30-38-48-56-64-81(86)98-77(68-92-79(84)62-54-46-37-33-32-36-45-53-61-75(8)11-3)70-96-100(88,89)94-66-76(83)67-95-101(90,91)97-71-78(69-93-80(85)63-55-47-41-40-42-50-58-72(4)5)99-82(87)65-57-49-39-31-27-23-19-18-21-25-29-35-44-52-60-74(7)10-2/h72-78,83H,9-71H2,1-8H3,(H,88,89)(H,90,91)/t73?,74?,75?,76-,77-,78-/m1/s1. The fraction of sp³-hybridized carbons (Fsp3) is 0.951. The predicted octanol–water partition coefficient (Wildman–Crippen LogP) is 24.4. The Bertz CT molecular complexity index is 1980. The summed E-state index contributed by atoms with van der Waals surface area (Å²) < 4.78 is 68.7. The van der Waals surface area contributed by atoms with Crippen LogP contribution in [-0.2, 0) is 65.4 Å². The second-order valence-corrected chi connectivity index (χ2v) is 33.6. The lowest BCUT2D eigenvalue weighted by molar-refractivity contribution is -0.161. The minimum atomic E-state index is -4.96. The second-order valence-electron chi connectivity index (χ2n) is 30.7. The Hall–Kier alpha value is -1.94. The van der Waals surface area contributed by atoms with Gasteiger partial charge in [0.15, 0.2) is 12.2 Å². The predicted molar refractivity (Wildman–Crippen MR) is 414 cm³/mol. The molecule has 0 spiro atoms. The highest BCUT2D eigenvalue weighted by molar-refractivity contribution is 7.47. The van der Waals surface area contributed by atoms with E-state index in [4.69, 9.17) is 37.0 Å². The molecule has 0 bridgehead atoms. The molecule has 0 amide bonds. The van der Waals surface area contributed by atoms with Crippen LogP contribution in [0.3, 0.4) is 0 Å². The van der Waals surface area contributed by atoms with Crippen LogP contribution in [0.25, 0.3) is 0 Å². The van der Waals surface area contributed by atoms with Gasteiger partial charge in [-0.05, 0) is 49.4 Å². The van der Waals surface area contributed by atoms with Crippen molar-refractivity contribution in [3.05, 3.63) is 0 Å². The molecule has 0 aromatic carbocycles. The van der Waals surface area contributed by atoms with E-state index in [1.807, 2.05) is 0 Å². The van der Waals surface area contributed by atoms with Crippen LogP contribution >= 0.6 is 15.6 Å². The highest BCUT2D eigenvalue weighted by Gasteiger charge is 2.30. The van der Waals surface area contributed by atoms with Crippen molar-refractivity contribution in [3.8, 4) is 0 Å². The van der Waals surface area contributed by atoms with E-state index in [2.05, 4.69) is 55.4 Å². The molecule has 0 aromatic heterocycles. The van der Waals surface area contributed by atoms with E-state index >= 15 is 0 Å². The number of ether oxygens (including phenoxy) is 4. The molecule has 0 aliphatic heterocycles. The largest absolute Gasteiger partial charge is 0.472 e. The highest BCUT2D eigenvalue weighted by atomic mass is 31.2. The Morgan fingerprint density at radius 1 is 0.277 bits per heavy atom. The van der Waals surface area contributed by atoms with Crippen molar-refractivity contribution in [3.63, 3.8) is 0 Å². The molecule has 17 nitrogen and oxygen atoms in total. The molecule has 0 aromatic rings. The van der Waals surface area contributed by atoms with Crippen LogP contribution in [0.2, 0.25) is 0 Å². The van der Waals surface area contributed by atoms with Crippen LogP contribution in [0.1, 0.15) is 421 Å². The Morgan fingerprint density at radius 2 is 0.475 bits per heavy atom. The Kier molecular flexibility index (Phi) is 69.6. The summed E-state index contributed by atoms with van der Waals surface area (Å²) in [6.07, 6.45) is 58.4. The lowest BCUT2D eigenvalue weighted by atomic mass is 9.99. The number of esters is 4. The molecule has 600 valence electrons. The van der Waals surface area contributed by atoms with Crippen LogP contribution < -0.4 is 0 Å². The van der Waals surface area contributed by atoms with Gasteiger partial charge < -0.3 is 33.8 Å². The lowest BCUT2D eigenvalue weighted by Crippen LogP contribution is -2.30. The number of phosphoric ester groups is 2. The van der Waals surface area contributed by atoms with Crippen molar-refractivity contribution in [2.75, 3.05) is 39.6 Å². The monoisotopic (exact) mass is 1480 g/mol. The average Bonchev–Trinajstić information content (AvgIpc) is 1.05. The topological polar surface area (TPSA) is 237 Å². The molecular weight excluding hydrogens is 1320 g/mol. The summed E-state index contributed by atoms with van der Waals surface area (Å²) in [5, 5.41) is 10.6. The molecule has 0 aliphatic carbocycles. The van der Waals surface area contributed by atoms with Gasteiger partial charge in [-0.15, -0.1) is 0 Å². The first-order chi connectivity index (χ1) is 48.7. The van der Waals surface area contributed by atoms with E-state index in [9.17, 15) is 43.2 Å². The first-order valence-corrected chi connectivity index (χ1v) is 45.3. The fourth-order valence-electron chi connectivity index (χ4n) is 12.5. The quantitative estimate of drug-likeness (QED) is 0.0222. The molecule has 3 N–H and O–H groups in total. The van der Waals surface area contributed by atoms with Crippen molar-refractivity contribution in [2.45, 2.75) is 440 Å². The number of carbonyl (C=O) groups is 4. The van der Waals surface area contributed by atoms with Crippen LogP contribution in [0.15, 0.2) is 0 Å². The van der Waals surface area contributed by atoms with E-state index < -0.39 is 97.5 Å². The Morgan fingerprint density at radius 3 is 0.703 bits per heavy atom. The van der Waals surface area contributed by atoms with Crippen molar-refractivity contribution in [1.82, 2.24) is 0 Å². The third kappa shape index (κ3) is 72.1. The van der Waals surface area contributed by atoms with Crippen LogP contribution in [-0.4, -0.2) is 96.7 Å². The first kappa shape index (κ1) is 99.1. The lowest BCUT2D eigenvalue weighted by Gasteiger charge is -2.21. The summed E-state index contributed by atoms with van der Waals surface area (Å²) in [7, 11) is -9.92. The SMILES string of the molecule is CCC(C)CCCCCCCCCCCCCCCCCCCCC(=O)O[C@H](COC(=O)CCCCCCCCCCC(C)CC)COP(=O)(O)OC[C@@H](O)COP(=O)(O)OC[C@@H](COC(=O)CCCCCCCCC(C)C)OC(=O)CCCCCCCCCCCCCCCCC(C)CC. The van der Waals surface area contributed by atoms with Crippen LogP contribution in [0.5, 0.6) is 0 Å². The van der Waals surface area contributed by atoms with E-state index in [1.54, 1.807) is 0 Å². The Labute approximate surface area is 619 Å².